The lowest BCUT2D eigenvalue weighted by Crippen LogP contribution is -2.27. The summed E-state index contributed by atoms with van der Waals surface area (Å²) < 4.78 is 7.30. The van der Waals surface area contributed by atoms with Crippen LogP contribution >= 0.6 is 11.8 Å². The van der Waals surface area contributed by atoms with Crippen molar-refractivity contribution in [2.24, 2.45) is 0 Å². The predicted molar refractivity (Wildman–Crippen MR) is 128 cm³/mol. The molecule has 1 saturated heterocycles. The maximum absolute atomic E-state index is 12.5. The molecule has 4 rings (SSSR count). The van der Waals surface area contributed by atoms with Gasteiger partial charge in [0.05, 0.1) is 24.7 Å². The molecule has 0 aliphatic carbocycles. The zero-order valence-electron chi connectivity index (χ0n) is 18.7. The summed E-state index contributed by atoms with van der Waals surface area (Å²) in [5, 5.41) is 9.30. The number of carbonyl (C=O) groups is 1. The maximum Gasteiger partial charge on any atom is 0.251 e. The van der Waals surface area contributed by atoms with Crippen LogP contribution in [-0.4, -0.2) is 57.6 Å². The number of nitrogens with one attached hydrogen (secondary N) is 1. The molecular weight excluding hydrogens is 424 g/mol. The second-order valence-corrected chi connectivity index (χ2v) is 8.75. The third kappa shape index (κ3) is 5.15. The van der Waals surface area contributed by atoms with Gasteiger partial charge in [-0.15, -0.1) is 0 Å². The summed E-state index contributed by atoms with van der Waals surface area (Å²) in [7, 11) is 0. The molecule has 170 valence electrons. The molecular formula is C23H30N6O2S. The molecule has 0 unspecified atom stereocenters. The van der Waals surface area contributed by atoms with Gasteiger partial charge in [0.15, 0.2) is 10.8 Å². The predicted octanol–water partition coefficient (Wildman–Crippen LogP) is 3.76. The van der Waals surface area contributed by atoms with Crippen LogP contribution in [0, 0.1) is 0 Å². The van der Waals surface area contributed by atoms with E-state index in [1.165, 1.54) is 12.8 Å². The highest BCUT2D eigenvalue weighted by Gasteiger charge is 2.20. The van der Waals surface area contributed by atoms with Gasteiger partial charge in [0.1, 0.15) is 11.6 Å². The van der Waals surface area contributed by atoms with Crippen LogP contribution < -0.4 is 15.0 Å². The molecule has 32 heavy (non-hydrogen) atoms. The molecule has 1 fully saturated rings. The highest BCUT2D eigenvalue weighted by molar-refractivity contribution is 7.99. The van der Waals surface area contributed by atoms with Crippen molar-refractivity contribution in [2.75, 3.05) is 36.9 Å². The number of rotatable bonds is 10. The Morgan fingerprint density at radius 2 is 1.94 bits per heavy atom. The first kappa shape index (κ1) is 22.4. The third-order valence-electron chi connectivity index (χ3n) is 5.33. The van der Waals surface area contributed by atoms with Gasteiger partial charge in [-0.2, -0.15) is 5.10 Å². The minimum atomic E-state index is -0.115. The van der Waals surface area contributed by atoms with Gasteiger partial charge in [0.25, 0.3) is 5.91 Å². The van der Waals surface area contributed by atoms with Crippen LogP contribution in [0.2, 0.25) is 0 Å². The highest BCUT2D eigenvalue weighted by atomic mass is 32.2. The molecule has 1 amide bonds. The number of aromatic nitrogens is 4. The van der Waals surface area contributed by atoms with Crippen LogP contribution in [0.25, 0.3) is 11.0 Å². The number of carbonyl (C=O) groups excluding carboxylic acids is 1. The Balaban J connectivity index is 1.46. The smallest absolute Gasteiger partial charge is 0.251 e. The van der Waals surface area contributed by atoms with Crippen LogP contribution in [-0.2, 0) is 6.54 Å². The van der Waals surface area contributed by atoms with Crippen LogP contribution in [0.15, 0.2) is 35.6 Å². The van der Waals surface area contributed by atoms with E-state index >= 15 is 0 Å². The van der Waals surface area contributed by atoms with E-state index in [1.807, 2.05) is 29.9 Å². The van der Waals surface area contributed by atoms with Gasteiger partial charge in [-0.25, -0.2) is 14.6 Å². The largest absolute Gasteiger partial charge is 0.494 e. The lowest BCUT2D eigenvalue weighted by Gasteiger charge is -2.18. The van der Waals surface area contributed by atoms with Gasteiger partial charge in [-0.3, -0.25) is 4.79 Å². The fourth-order valence-corrected chi connectivity index (χ4v) is 4.45. The van der Waals surface area contributed by atoms with Crippen LogP contribution in [0.5, 0.6) is 5.75 Å². The SMILES string of the molecule is CCCSc1nc(N2CCCC2)c2cnn(CCNC(=O)c3ccc(OCC)cc3)c2n1. The number of ether oxygens (including phenoxy) is 1. The van der Waals surface area contributed by atoms with Crippen molar-refractivity contribution in [1.29, 1.82) is 0 Å². The van der Waals surface area contributed by atoms with Gasteiger partial charge in [-0.05, 0) is 50.5 Å². The standard InChI is InChI=1S/C23H30N6O2S/c1-3-15-32-23-26-20(28-12-5-6-13-28)19-16-25-29(21(19)27-23)14-11-24-22(30)17-7-9-18(10-8-17)31-4-2/h7-10,16H,3-6,11-15H2,1-2H3,(H,24,30). The van der Waals surface area contributed by atoms with Crippen molar-refractivity contribution in [1.82, 2.24) is 25.1 Å². The number of anilines is 1. The van der Waals surface area contributed by atoms with E-state index in [0.29, 0.717) is 25.3 Å². The molecule has 8 nitrogen and oxygen atoms in total. The molecule has 3 aromatic rings. The Labute approximate surface area is 192 Å². The van der Waals surface area contributed by atoms with E-state index in [0.717, 1.165) is 53.0 Å². The van der Waals surface area contributed by atoms with E-state index < -0.39 is 0 Å². The Kier molecular flexibility index (Phi) is 7.47. The molecule has 1 aliphatic heterocycles. The van der Waals surface area contributed by atoms with E-state index in [9.17, 15) is 4.79 Å². The molecule has 1 N–H and O–H groups in total. The summed E-state index contributed by atoms with van der Waals surface area (Å²) in [4.78, 5) is 24.5. The number of hydrogen-bond donors (Lipinski definition) is 1. The van der Waals surface area contributed by atoms with Crippen molar-refractivity contribution in [3.05, 3.63) is 36.0 Å². The molecule has 1 aromatic carbocycles. The minimum absolute atomic E-state index is 0.115. The van der Waals surface area contributed by atoms with E-state index in [1.54, 1.807) is 23.9 Å². The van der Waals surface area contributed by atoms with Crippen molar-refractivity contribution >= 4 is 34.5 Å². The molecule has 3 heterocycles. The fraction of sp³-hybridized carbons (Fsp3) is 0.478. The van der Waals surface area contributed by atoms with Crippen LogP contribution in [0.3, 0.4) is 0 Å². The lowest BCUT2D eigenvalue weighted by atomic mass is 10.2. The molecule has 0 radical (unpaired) electrons. The Bertz CT molecular complexity index is 1050. The zero-order valence-corrected chi connectivity index (χ0v) is 19.5. The van der Waals surface area contributed by atoms with Gasteiger partial charge in [0, 0.05) is 31.0 Å². The van der Waals surface area contributed by atoms with E-state index in [4.69, 9.17) is 14.7 Å². The Morgan fingerprint density at radius 1 is 1.16 bits per heavy atom. The summed E-state index contributed by atoms with van der Waals surface area (Å²) >= 11 is 1.68. The van der Waals surface area contributed by atoms with E-state index in [-0.39, 0.29) is 5.91 Å². The van der Waals surface area contributed by atoms with Gasteiger partial charge >= 0.3 is 0 Å². The maximum atomic E-state index is 12.5. The average Bonchev–Trinajstić information content (AvgIpc) is 3.48. The Hall–Kier alpha value is -2.81. The number of hydrogen-bond acceptors (Lipinski definition) is 7. The first-order chi connectivity index (χ1) is 15.7. The van der Waals surface area contributed by atoms with Crippen molar-refractivity contribution in [3.8, 4) is 5.75 Å². The first-order valence-electron chi connectivity index (χ1n) is 11.3. The number of thioether (sulfide) groups is 1. The third-order valence-corrected chi connectivity index (χ3v) is 6.39. The summed E-state index contributed by atoms with van der Waals surface area (Å²) in [6.07, 6.45) is 5.30. The topological polar surface area (TPSA) is 85.2 Å². The number of benzene rings is 1. The van der Waals surface area contributed by atoms with Crippen molar-refractivity contribution in [2.45, 2.75) is 44.8 Å². The summed E-state index contributed by atoms with van der Waals surface area (Å²) in [6.45, 7) is 7.74. The van der Waals surface area contributed by atoms with Gasteiger partial charge in [0.2, 0.25) is 0 Å². The molecule has 0 saturated carbocycles. The molecule has 9 heteroatoms. The first-order valence-corrected chi connectivity index (χ1v) is 12.3. The number of nitrogens with zero attached hydrogens (tertiary/aromatic N) is 5. The molecule has 1 aliphatic rings. The monoisotopic (exact) mass is 454 g/mol. The summed E-state index contributed by atoms with van der Waals surface area (Å²) in [6, 6.07) is 7.17. The summed E-state index contributed by atoms with van der Waals surface area (Å²) in [5.41, 5.74) is 1.44. The molecule has 2 aromatic heterocycles. The second kappa shape index (κ2) is 10.7. The second-order valence-electron chi connectivity index (χ2n) is 7.69. The number of amides is 1. The summed E-state index contributed by atoms with van der Waals surface area (Å²) in [5.74, 6) is 2.61. The molecule has 0 atom stereocenters. The quantitative estimate of drug-likeness (QED) is 0.369. The van der Waals surface area contributed by atoms with Crippen molar-refractivity contribution < 1.29 is 9.53 Å². The zero-order chi connectivity index (χ0) is 22.3. The lowest BCUT2D eigenvalue weighted by molar-refractivity contribution is 0.0952. The number of fused-ring (bicyclic) bond motifs is 1. The highest BCUT2D eigenvalue weighted by Crippen LogP contribution is 2.29. The fourth-order valence-electron chi connectivity index (χ4n) is 3.76. The van der Waals surface area contributed by atoms with E-state index in [2.05, 4.69) is 22.2 Å². The van der Waals surface area contributed by atoms with Gasteiger partial charge in [-0.1, -0.05) is 18.7 Å². The van der Waals surface area contributed by atoms with Gasteiger partial charge < -0.3 is 15.0 Å². The minimum Gasteiger partial charge on any atom is -0.494 e. The molecule has 0 spiro atoms. The van der Waals surface area contributed by atoms with Crippen LogP contribution in [0.4, 0.5) is 5.82 Å². The van der Waals surface area contributed by atoms with Crippen LogP contribution in [0.1, 0.15) is 43.5 Å². The molecule has 0 bridgehead atoms. The van der Waals surface area contributed by atoms with Crippen molar-refractivity contribution in [3.63, 3.8) is 0 Å². The average molecular weight is 455 g/mol. The normalized spacial score (nSPS) is 13.6. The Morgan fingerprint density at radius 3 is 2.66 bits per heavy atom.